The van der Waals surface area contributed by atoms with Gasteiger partial charge in [-0.2, -0.15) is 0 Å². The molecule has 29 heavy (non-hydrogen) atoms. The van der Waals surface area contributed by atoms with Crippen LogP contribution in [0.5, 0.6) is 0 Å². The predicted molar refractivity (Wildman–Crippen MR) is 111 cm³/mol. The number of carboxylic acids is 1. The van der Waals surface area contributed by atoms with E-state index in [1.807, 2.05) is 0 Å². The van der Waals surface area contributed by atoms with Crippen LogP contribution in [-0.4, -0.2) is 25.4 Å². The molecule has 1 amide bonds. The first-order valence-electron chi connectivity index (χ1n) is 8.46. The van der Waals surface area contributed by atoms with Gasteiger partial charge in [0.15, 0.2) is 0 Å². The molecular formula is C21H20N2O5S. The number of rotatable bonds is 9. The smallest absolute Gasteiger partial charge is 0.337 e. The summed E-state index contributed by atoms with van der Waals surface area (Å²) in [4.78, 5) is 23.5. The van der Waals surface area contributed by atoms with E-state index in [1.54, 1.807) is 12.1 Å². The summed E-state index contributed by atoms with van der Waals surface area (Å²) in [7, 11) is -3.81. The van der Waals surface area contributed by atoms with Crippen LogP contribution < -0.4 is 10.0 Å². The summed E-state index contributed by atoms with van der Waals surface area (Å²) in [6.07, 6.45) is 4.21. The van der Waals surface area contributed by atoms with Crippen molar-refractivity contribution in [3.63, 3.8) is 0 Å². The number of nitrogens with one attached hydrogen (secondary N) is 2. The lowest BCUT2D eigenvalue weighted by molar-refractivity contribution is -0.115. The summed E-state index contributed by atoms with van der Waals surface area (Å²) in [5, 5.41) is 11.7. The molecule has 8 heteroatoms. The molecule has 0 aliphatic carbocycles. The van der Waals surface area contributed by atoms with Crippen molar-refractivity contribution in [1.82, 2.24) is 4.72 Å². The maximum absolute atomic E-state index is 12.4. The largest absolute Gasteiger partial charge is 0.478 e. The summed E-state index contributed by atoms with van der Waals surface area (Å²) >= 11 is 0. The molecule has 0 spiro atoms. The first kappa shape index (κ1) is 21.6. The lowest BCUT2D eigenvalue weighted by Gasteiger charge is -2.10. The molecule has 0 atom stereocenters. The predicted octanol–water partition coefficient (Wildman–Crippen LogP) is 3.10. The van der Waals surface area contributed by atoms with Crippen LogP contribution >= 0.6 is 0 Å². The highest BCUT2D eigenvalue weighted by atomic mass is 32.2. The van der Waals surface area contributed by atoms with E-state index >= 15 is 0 Å². The molecule has 0 fully saturated rings. The molecule has 0 saturated carbocycles. The molecule has 0 aromatic heterocycles. The Kier molecular flexibility index (Phi) is 7.10. The van der Waals surface area contributed by atoms with Gasteiger partial charge in [-0.05, 0) is 42.0 Å². The van der Waals surface area contributed by atoms with Crippen molar-refractivity contribution in [2.45, 2.75) is 11.3 Å². The minimum atomic E-state index is -3.81. The van der Waals surface area contributed by atoms with E-state index in [0.717, 1.165) is 0 Å². The number of carbonyl (C=O) groups is 2. The lowest BCUT2D eigenvalue weighted by atomic mass is 10.1. The zero-order valence-corrected chi connectivity index (χ0v) is 16.3. The molecule has 0 radical (unpaired) electrons. The summed E-state index contributed by atoms with van der Waals surface area (Å²) in [5.74, 6) is -1.57. The third-order valence-electron chi connectivity index (χ3n) is 3.80. The molecule has 0 aliphatic rings. The fourth-order valence-corrected chi connectivity index (χ4v) is 3.50. The zero-order chi connectivity index (χ0) is 21.4. The Morgan fingerprint density at radius 3 is 2.28 bits per heavy atom. The van der Waals surface area contributed by atoms with Crippen molar-refractivity contribution in [3.8, 4) is 0 Å². The molecule has 0 unspecified atom stereocenters. The maximum atomic E-state index is 12.4. The summed E-state index contributed by atoms with van der Waals surface area (Å²) < 4.78 is 27.1. The average Bonchev–Trinajstić information content (AvgIpc) is 2.68. The van der Waals surface area contributed by atoms with Crippen LogP contribution in [0.25, 0.3) is 0 Å². The highest BCUT2D eigenvalue weighted by molar-refractivity contribution is 7.89. The zero-order valence-electron chi connectivity index (χ0n) is 15.5. The van der Waals surface area contributed by atoms with Crippen LogP contribution in [-0.2, 0) is 21.2 Å². The number of sulfonamides is 1. The first-order valence-corrected chi connectivity index (χ1v) is 9.94. The van der Waals surface area contributed by atoms with E-state index in [2.05, 4.69) is 23.2 Å². The van der Waals surface area contributed by atoms with E-state index in [9.17, 15) is 18.0 Å². The van der Waals surface area contributed by atoms with E-state index in [4.69, 9.17) is 5.11 Å². The van der Waals surface area contributed by atoms with Gasteiger partial charge in [-0.25, -0.2) is 13.2 Å². The molecule has 0 aliphatic heterocycles. The number of allylic oxidation sites excluding steroid dienone is 3. The Morgan fingerprint density at radius 2 is 1.69 bits per heavy atom. The standard InChI is InChI=1S/C21H20N2O5S/c1-3-7-16(4-2)23-29(27,28)17-12-10-15(11-13-17)14-20(24)22-19-9-6-5-8-18(19)21(25)26/h3-13,23H,1-2,14H2,(H,22,24)(H,25,26)/b16-7+. The second-order valence-electron chi connectivity index (χ2n) is 5.89. The number of carbonyl (C=O) groups excluding carboxylic acids is 1. The number of aromatic carboxylic acids is 1. The van der Waals surface area contributed by atoms with Crippen LogP contribution in [0, 0.1) is 0 Å². The van der Waals surface area contributed by atoms with Gasteiger partial charge in [0.2, 0.25) is 5.91 Å². The second kappa shape index (κ2) is 9.52. The molecule has 2 rings (SSSR count). The Labute approximate surface area is 169 Å². The van der Waals surface area contributed by atoms with Crippen molar-refractivity contribution >= 4 is 27.6 Å². The van der Waals surface area contributed by atoms with Gasteiger partial charge in [0.05, 0.1) is 22.6 Å². The van der Waals surface area contributed by atoms with Gasteiger partial charge in [0, 0.05) is 5.70 Å². The molecule has 3 N–H and O–H groups in total. The van der Waals surface area contributed by atoms with E-state index < -0.39 is 21.9 Å². The second-order valence-corrected chi connectivity index (χ2v) is 7.57. The van der Waals surface area contributed by atoms with Crippen LogP contribution in [0.15, 0.2) is 90.5 Å². The highest BCUT2D eigenvalue weighted by Gasteiger charge is 2.15. The molecule has 2 aromatic rings. The molecular weight excluding hydrogens is 392 g/mol. The lowest BCUT2D eigenvalue weighted by Crippen LogP contribution is -2.22. The van der Waals surface area contributed by atoms with Crippen molar-refractivity contribution in [2.75, 3.05) is 5.32 Å². The average molecular weight is 412 g/mol. The molecule has 2 aromatic carbocycles. The van der Waals surface area contributed by atoms with Crippen LogP contribution in [0.4, 0.5) is 5.69 Å². The molecule has 0 heterocycles. The van der Waals surface area contributed by atoms with Gasteiger partial charge in [-0.15, -0.1) is 0 Å². The molecule has 0 bridgehead atoms. The van der Waals surface area contributed by atoms with Gasteiger partial charge in [-0.1, -0.05) is 43.5 Å². The SMILES string of the molecule is C=C/C=C(\C=C)NS(=O)(=O)c1ccc(CC(=O)Nc2ccccc2C(=O)O)cc1. The highest BCUT2D eigenvalue weighted by Crippen LogP contribution is 2.16. The van der Waals surface area contributed by atoms with E-state index in [-0.39, 0.29) is 28.3 Å². The van der Waals surface area contributed by atoms with Gasteiger partial charge >= 0.3 is 5.97 Å². The van der Waals surface area contributed by atoms with Gasteiger partial charge in [0.1, 0.15) is 0 Å². The minimum Gasteiger partial charge on any atom is -0.478 e. The normalized spacial score (nSPS) is 11.4. The minimum absolute atomic E-state index is 0.0148. The molecule has 7 nitrogen and oxygen atoms in total. The third kappa shape index (κ3) is 5.91. The van der Waals surface area contributed by atoms with Crippen molar-refractivity contribution in [1.29, 1.82) is 0 Å². The third-order valence-corrected chi connectivity index (χ3v) is 5.20. The van der Waals surface area contributed by atoms with Crippen LogP contribution in [0.2, 0.25) is 0 Å². The summed E-state index contributed by atoms with van der Waals surface area (Å²) in [6.45, 7) is 7.04. The maximum Gasteiger partial charge on any atom is 0.337 e. The molecule has 0 saturated heterocycles. The van der Waals surface area contributed by atoms with Gasteiger partial charge in [-0.3, -0.25) is 9.52 Å². The number of hydrogen-bond acceptors (Lipinski definition) is 4. The Morgan fingerprint density at radius 1 is 1.03 bits per heavy atom. The van der Waals surface area contributed by atoms with E-state index in [0.29, 0.717) is 5.56 Å². The number of para-hydroxylation sites is 1. The quantitative estimate of drug-likeness (QED) is 0.548. The van der Waals surface area contributed by atoms with Crippen molar-refractivity contribution < 1.29 is 23.1 Å². The number of hydrogen-bond donors (Lipinski definition) is 3. The number of carboxylic acid groups (broad SMARTS) is 1. The van der Waals surface area contributed by atoms with Crippen molar-refractivity contribution in [3.05, 3.63) is 96.7 Å². The number of anilines is 1. The topological polar surface area (TPSA) is 113 Å². The summed E-state index contributed by atoms with van der Waals surface area (Å²) in [5.41, 5.74) is 1.03. The Bertz CT molecular complexity index is 1070. The van der Waals surface area contributed by atoms with Gasteiger partial charge in [0.25, 0.3) is 10.0 Å². The first-order chi connectivity index (χ1) is 13.8. The number of amides is 1. The fourth-order valence-electron chi connectivity index (χ4n) is 2.43. The Balaban J connectivity index is 2.10. The van der Waals surface area contributed by atoms with E-state index in [1.165, 1.54) is 54.6 Å². The monoisotopic (exact) mass is 412 g/mol. The van der Waals surface area contributed by atoms with Gasteiger partial charge < -0.3 is 10.4 Å². The Hall–Kier alpha value is -3.65. The van der Waals surface area contributed by atoms with Crippen LogP contribution in [0.1, 0.15) is 15.9 Å². The molecule has 150 valence electrons. The van der Waals surface area contributed by atoms with Crippen LogP contribution in [0.3, 0.4) is 0 Å². The number of benzene rings is 2. The fraction of sp³-hybridized carbons (Fsp3) is 0.0476. The summed E-state index contributed by atoms with van der Waals surface area (Å²) in [6, 6.07) is 11.9. The van der Waals surface area contributed by atoms with Crippen molar-refractivity contribution in [2.24, 2.45) is 0 Å².